The molecule has 0 radical (unpaired) electrons. The Bertz CT molecular complexity index is 319. The van der Waals surface area contributed by atoms with E-state index in [1.807, 2.05) is 0 Å². The van der Waals surface area contributed by atoms with Crippen LogP contribution in [0.3, 0.4) is 0 Å². The van der Waals surface area contributed by atoms with Crippen LogP contribution in [0.25, 0.3) is 0 Å². The molecule has 18 heavy (non-hydrogen) atoms. The molecule has 0 saturated carbocycles. The molecule has 0 unspecified atom stereocenters. The van der Waals surface area contributed by atoms with Gasteiger partial charge in [-0.3, -0.25) is 0 Å². The summed E-state index contributed by atoms with van der Waals surface area (Å²) in [6, 6.07) is -0.674. The summed E-state index contributed by atoms with van der Waals surface area (Å²) in [6.07, 6.45) is 0.732. The Labute approximate surface area is 106 Å². The second kappa shape index (κ2) is 5.90. The summed E-state index contributed by atoms with van der Waals surface area (Å²) in [5, 5.41) is 14.2. The molecule has 1 amide bonds. The van der Waals surface area contributed by atoms with E-state index in [4.69, 9.17) is 20.4 Å². The summed E-state index contributed by atoms with van der Waals surface area (Å²) in [7, 11) is 0. The minimum absolute atomic E-state index is 0.0900. The van der Waals surface area contributed by atoms with E-state index < -0.39 is 17.7 Å². The van der Waals surface area contributed by atoms with Crippen molar-refractivity contribution < 1.29 is 19.5 Å². The molecule has 0 bridgehead atoms. The first-order valence-electron chi connectivity index (χ1n) is 5.92. The van der Waals surface area contributed by atoms with Crippen LogP contribution in [0.1, 0.15) is 33.6 Å². The largest absolute Gasteiger partial charge is 0.444 e. The van der Waals surface area contributed by atoms with Crippen molar-refractivity contribution in [2.45, 2.75) is 51.4 Å². The van der Waals surface area contributed by atoms with Gasteiger partial charge in [-0.15, -0.1) is 0 Å². The highest BCUT2D eigenvalue weighted by Crippen LogP contribution is 2.16. The third-order valence-corrected chi connectivity index (χ3v) is 2.44. The number of nitrogens with zero attached hydrogens (tertiary/aromatic N) is 1. The van der Waals surface area contributed by atoms with Gasteiger partial charge < -0.3 is 25.7 Å². The lowest BCUT2D eigenvalue weighted by molar-refractivity contribution is 0.0427. The molecule has 4 N–H and O–H groups in total. The van der Waals surface area contributed by atoms with E-state index in [1.54, 1.807) is 20.8 Å². The number of hydrogen-bond acceptors (Lipinski definition) is 5. The van der Waals surface area contributed by atoms with Crippen molar-refractivity contribution >= 4 is 11.9 Å². The van der Waals surface area contributed by atoms with Crippen molar-refractivity contribution in [2.24, 2.45) is 10.9 Å². The molecule has 1 rings (SSSR count). The normalized spacial score (nSPS) is 22.6. The molecular weight excluding hydrogens is 238 g/mol. The number of amidine groups is 1. The van der Waals surface area contributed by atoms with Gasteiger partial charge >= 0.3 is 6.09 Å². The van der Waals surface area contributed by atoms with E-state index >= 15 is 0 Å². The molecule has 0 aromatic carbocycles. The molecule has 1 fully saturated rings. The van der Waals surface area contributed by atoms with Gasteiger partial charge in [-0.1, -0.05) is 5.16 Å². The summed E-state index contributed by atoms with van der Waals surface area (Å²) in [6.45, 7) is 5.89. The van der Waals surface area contributed by atoms with Crippen molar-refractivity contribution in [3.05, 3.63) is 0 Å². The molecule has 1 aliphatic heterocycles. The van der Waals surface area contributed by atoms with Gasteiger partial charge in [-0.25, -0.2) is 4.79 Å². The average Bonchev–Trinajstić information content (AvgIpc) is 2.75. The predicted molar refractivity (Wildman–Crippen MR) is 65.5 cm³/mol. The maximum Gasteiger partial charge on any atom is 0.408 e. The number of carbonyl (C=O) groups excluding carboxylic acids is 1. The third-order valence-electron chi connectivity index (χ3n) is 2.44. The van der Waals surface area contributed by atoms with Crippen LogP contribution < -0.4 is 11.1 Å². The van der Waals surface area contributed by atoms with Crippen LogP contribution in [0.4, 0.5) is 4.79 Å². The zero-order valence-corrected chi connectivity index (χ0v) is 11.0. The summed E-state index contributed by atoms with van der Waals surface area (Å²) in [4.78, 5) is 11.7. The van der Waals surface area contributed by atoms with E-state index in [-0.39, 0.29) is 11.9 Å². The highest BCUT2D eigenvalue weighted by molar-refractivity contribution is 5.89. The number of ether oxygens (including phenoxy) is 2. The monoisotopic (exact) mass is 259 g/mol. The van der Waals surface area contributed by atoms with Crippen molar-refractivity contribution in [1.29, 1.82) is 0 Å². The molecule has 104 valence electrons. The molecule has 7 heteroatoms. The van der Waals surface area contributed by atoms with Gasteiger partial charge in [0, 0.05) is 6.61 Å². The Balaban J connectivity index is 2.64. The average molecular weight is 259 g/mol. The molecule has 0 aromatic rings. The first-order chi connectivity index (χ1) is 8.33. The predicted octanol–water partition coefficient (Wildman–Crippen LogP) is 0.805. The van der Waals surface area contributed by atoms with Crippen LogP contribution in [0.5, 0.6) is 0 Å². The second-order valence-corrected chi connectivity index (χ2v) is 5.20. The van der Waals surface area contributed by atoms with Crippen LogP contribution in [-0.2, 0) is 9.47 Å². The molecule has 2 atom stereocenters. The Hall–Kier alpha value is -1.50. The molecule has 1 aliphatic rings. The van der Waals surface area contributed by atoms with Gasteiger partial charge in [0.2, 0.25) is 0 Å². The van der Waals surface area contributed by atoms with Crippen LogP contribution in [0, 0.1) is 0 Å². The highest BCUT2D eigenvalue weighted by Gasteiger charge is 2.32. The van der Waals surface area contributed by atoms with Gasteiger partial charge in [0.25, 0.3) is 0 Å². The number of amides is 1. The van der Waals surface area contributed by atoms with Gasteiger partial charge in [0.1, 0.15) is 11.6 Å². The third kappa shape index (κ3) is 4.40. The molecule has 7 nitrogen and oxygen atoms in total. The van der Waals surface area contributed by atoms with E-state index in [0.717, 1.165) is 12.8 Å². The molecule has 1 saturated heterocycles. The number of nitrogens with two attached hydrogens (primary N) is 1. The highest BCUT2D eigenvalue weighted by atomic mass is 16.6. The Morgan fingerprint density at radius 3 is 2.72 bits per heavy atom. The minimum Gasteiger partial charge on any atom is -0.444 e. The van der Waals surface area contributed by atoms with Gasteiger partial charge in [-0.05, 0) is 33.6 Å². The summed E-state index contributed by atoms with van der Waals surface area (Å²) in [5.74, 6) is -0.0900. The number of nitrogens with one attached hydrogen (secondary N) is 1. The smallest absolute Gasteiger partial charge is 0.408 e. The standard InChI is InChI=1S/C11H21N3O4/c1-11(2,3)18-10(15)13-8(9(12)14-16)7-5-4-6-17-7/h7-8,16H,4-6H2,1-3H3,(H2,12,14)(H,13,15)/t7-,8-/m0/s1. The second-order valence-electron chi connectivity index (χ2n) is 5.20. The number of rotatable bonds is 3. The lowest BCUT2D eigenvalue weighted by Gasteiger charge is -2.25. The van der Waals surface area contributed by atoms with Crippen molar-refractivity contribution in [2.75, 3.05) is 6.61 Å². The van der Waals surface area contributed by atoms with Crippen LogP contribution in [0.2, 0.25) is 0 Å². The fraction of sp³-hybridized carbons (Fsp3) is 0.818. The number of alkyl carbamates (subject to hydrolysis) is 1. The maximum atomic E-state index is 11.7. The van der Waals surface area contributed by atoms with Crippen LogP contribution in [0.15, 0.2) is 5.16 Å². The van der Waals surface area contributed by atoms with Crippen molar-refractivity contribution in [1.82, 2.24) is 5.32 Å². The number of carbonyl (C=O) groups is 1. The summed E-state index contributed by atoms with van der Waals surface area (Å²) < 4.78 is 10.6. The molecule has 0 spiro atoms. The zero-order valence-electron chi connectivity index (χ0n) is 11.0. The summed E-state index contributed by atoms with van der Waals surface area (Å²) >= 11 is 0. The Kier molecular flexibility index (Phi) is 4.77. The SMILES string of the molecule is CC(C)(C)OC(=O)N[C@H](/C(N)=N\O)[C@@H]1CCCO1. The van der Waals surface area contributed by atoms with Gasteiger partial charge in [0.05, 0.1) is 6.10 Å². The zero-order chi connectivity index (χ0) is 13.8. The minimum atomic E-state index is -0.674. The van der Waals surface area contributed by atoms with E-state index in [1.165, 1.54) is 0 Å². The van der Waals surface area contributed by atoms with E-state index in [9.17, 15) is 4.79 Å². The molecule has 1 heterocycles. The van der Waals surface area contributed by atoms with E-state index in [0.29, 0.717) is 6.61 Å². The fourth-order valence-corrected chi connectivity index (χ4v) is 1.72. The topological polar surface area (TPSA) is 106 Å². The molecular formula is C11H21N3O4. The van der Waals surface area contributed by atoms with Crippen molar-refractivity contribution in [3.63, 3.8) is 0 Å². The lowest BCUT2D eigenvalue weighted by Crippen LogP contribution is -2.52. The summed E-state index contributed by atoms with van der Waals surface area (Å²) in [5.41, 5.74) is 4.96. The van der Waals surface area contributed by atoms with Crippen LogP contribution >= 0.6 is 0 Å². The lowest BCUT2D eigenvalue weighted by atomic mass is 10.1. The van der Waals surface area contributed by atoms with Crippen LogP contribution in [-0.4, -0.2) is 41.5 Å². The Morgan fingerprint density at radius 2 is 2.28 bits per heavy atom. The fourth-order valence-electron chi connectivity index (χ4n) is 1.72. The molecule has 0 aromatic heterocycles. The number of hydrogen-bond donors (Lipinski definition) is 3. The first-order valence-corrected chi connectivity index (χ1v) is 5.92. The molecule has 0 aliphatic carbocycles. The first kappa shape index (κ1) is 14.6. The van der Waals surface area contributed by atoms with Gasteiger partial charge in [0.15, 0.2) is 5.84 Å². The van der Waals surface area contributed by atoms with Gasteiger partial charge in [-0.2, -0.15) is 0 Å². The Morgan fingerprint density at radius 1 is 1.61 bits per heavy atom. The quantitative estimate of drug-likeness (QED) is 0.301. The van der Waals surface area contributed by atoms with Crippen molar-refractivity contribution in [3.8, 4) is 0 Å². The van der Waals surface area contributed by atoms with E-state index in [2.05, 4.69) is 10.5 Å². The number of oxime groups is 1. The maximum absolute atomic E-state index is 11.7.